The predicted molar refractivity (Wildman–Crippen MR) is 88.4 cm³/mol. The number of ether oxygens (including phenoxy) is 1. The number of carboxylic acid groups (broad SMARTS) is 1. The predicted octanol–water partition coefficient (Wildman–Crippen LogP) is 2.55. The number of hydroxylamine groups is 1. The van der Waals surface area contributed by atoms with Crippen molar-refractivity contribution in [3.63, 3.8) is 0 Å². The summed E-state index contributed by atoms with van der Waals surface area (Å²) in [6.07, 6.45) is 4.40. The lowest BCUT2D eigenvalue weighted by molar-refractivity contribution is -0.140. The maximum absolute atomic E-state index is 12.0. The van der Waals surface area contributed by atoms with Crippen LogP contribution in [0.2, 0.25) is 0 Å². The van der Waals surface area contributed by atoms with Crippen LogP contribution in [0.5, 0.6) is 0 Å². The van der Waals surface area contributed by atoms with Crippen molar-refractivity contribution in [2.24, 2.45) is 5.92 Å². The smallest absolute Gasteiger partial charge is 0.410 e. The van der Waals surface area contributed by atoms with Crippen LogP contribution in [-0.2, 0) is 14.4 Å². The molecule has 0 aromatic rings. The van der Waals surface area contributed by atoms with Gasteiger partial charge in [0.1, 0.15) is 5.60 Å². The number of rotatable bonds is 5. The number of carbonyl (C=O) groups excluding carboxylic acids is 1. The van der Waals surface area contributed by atoms with Gasteiger partial charge in [0, 0.05) is 19.1 Å². The molecule has 2 aliphatic heterocycles. The van der Waals surface area contributed by atoms with Gasteiger partial charge in [0.15, 0.2) is 0 Å². The first-order valence-electron chi connectivity index (χ1n) is 8.84. The first kappa shape index (κ1) is 19.0. The zero-order valence-electron chi connectivity index (χ0n) is 14.9. The highest BCUT2D eigenvalue weighted by molar-refractivity contribution is 5.68. The molecule has 0 saturated carbocycles. The molecule has 24 heavy (non-hydrogen) atoms. The minimum atomic E-state index is -0.822. The lowest BCUT2D eigenvalue weighted by atomic mass is 9.90. The van der Waals surface area contributed by atoms with Crippen molar-refractivity contribution in [3.05, 3.63) is 0 Å². The maximum atomic E-state index is 12.0. The molecule has 0 bridgehead atoms. The van der Waals surface area contributed by atoms with Gasteiger partial charge in [-0.1, -0.05) is 0 Å². The van der Waals surface area contributed by atoms with Gasteiger partial charge in [-0.25, -0.2) is 4.79 Å². The third kappa shape index (κ3) is 6.28. The van der Waals surface area contributed by atoms with Gasteiger partial charge in [0.2, 0.25) is 0 Å². The van der Waals surface area contributed by atoms with E-state index in [0.717, 1.165) is 45.2 Å². The summed E-state index contributed by atoms with van der Waals surface area (Å²) in [7, 11) is 0. The monoisotopic (exact) mass is 342 g/mol. The normalized spacial score (nSPS) is 25.7. The molecular formula is C17H30N2O5. The van der Waals surface area contributed by atoms with Gasteiger partial charge >= 0.3 is 12.1 Å². The van der Waals surface area contributed by atoms with Crippen LogP contribution in [0.25, 0.3) is 0 Å². The summed E-state index contributed by atoms with van der Waals surface area (Å²) in [5.74, 6) is -0.221. The second kappa shape index (κ2) is 8.16. The number of hydrogen-bond acceptors (Lipinski definition) is 5. The minimum absolute atomic E-state index is 0.0534. The van der Waals surface area contributed by atoms with Gasteiger partial charge in [0.05, 0.1) is 12.5 Å². The molecular weight excluding hydrogens is 312 g/mol. The maximum Gasteiger partial charge on any atom is 0.410 e. The third-order valence-corrected chi connectivity index (χ3v) is 4.54. The summed E-state index contributed by atoms with van der Waals surface area (Å²) in [5, 5.41) is 8.78. The molecule has 0 aromatic carbocycles. The van der Waals surface area contributed by atoms with E-state index >= 15 is 0 Å². The van der Waals surface area contributed by atoms with Gasteiger partial charge < -0.3 is 14.7 Å². The molecule has 2 heterocycles. The lowest BCUT2D eigenvalue weighted by Crippen LogP contribution is -2.41. The Bertz CT molecular complexity index is 441. The lowest BCUT2D eigenvalue weighted by Gasteiger charge is -2.33. The topological polar surface area (TPSA) is 88.1 Å². The fourth-order valence-corrected chi connectivity index (χ4v) is 3.27. The molecule has 0 radical (unpaired) electrons. The molecule has 2 rings (SSSR count). The first-order chi connectivity index (χ1) is 11.2. The Labute approximate surface area is 143 Å². The van der Waals surface area contributed by atoms with Crippen LogP contribution >= 0.6 is 0 Å². The van der Waals surface area contributed by atoms with E-state index < -0.39 is 11.6 Å². The number of piperidine rings is 1. The number of aliphatic carboxylic acids is 1. The van der Waals surface area contributed by atoms with E-state index in [2.05, 4.69) is 5.48 Å². The molecule has 2 atom stereocenters. The van der Waals surface area contributed by atoms with E-state index in [-0.39, 0.29) is 24.7 Å². The Morgan fingerprint density at radius 1 is 1.25 bits per heavy atom. The largest absolute Gasteiger partial charge is 0.481 e. The van der Waals surface area contributed by atoms with Crippen LogP contribution in [0.1, 0.15) is 59.3 Å². The number of carbonyl (C=O) groups is 2. The van der Waals surface area contributed by atoms with Gasteiger partial charge in [0.25, 0.3) is 0 Å². The van der Waals surface area contributed by atoms with Crippen molar-refractivity contribution < 1.29 is 24.3 Å². The van der Waals surface area contributed by atoms with E-state index in [4.69, 9.17) is 14.7 Å². The van der Waals surface area contributed by atoms with E-state index in [1.807, 2.05) is 20.8 Å². The van der Waals surface area contributed by atoms with Gasteiger partial charge in [-0.15, -0.1) is 0 Å². The molecule has 7 nitrogen and oxygen atoms in total. The van der Waals surface area contributed by atoms with Crippen LogP contribution in [0, 0.1) is 5.92 Å². The molecule has 1 amide bonds. The van der Waals surface area contributed by atoms with Gasteiger partial charge in [-0.3, -0.25) is 9.63 Å². The SMILES string of the molecule is CC(C)(C)OC(=O)N1CCC(CC[C@H]2C[C@H](CC(=O)O)ON2)CC1. The Hall–Kier alpha value is -1.34. The number of carboxylic acids is 1. The third-order valence-electron chi connectivity index (χ3n) is 4.54. The van der Waals surface area contributed by atoms with E-state index in [1.54, 1.807) is 4.90 Å². The molecule has 2 N–H and O–H groups in total. The number of likely N-dealkylation sites (tertiary alicyclic amines) is 1. The Balaban J connectivity index is 1.63. The number of nitrogens with zero attached hydrogens (tertiary/aromatic N) is 1. The molecule has 0 spiro atoms. The highest BCUT2D eigenvalue weighted by atomic mass is 16.7. The van der Waals surface area contributed by atoms with E-state index in [1.165, 1.54) is 0 Å². The van der Waals surface area contributed by atoms with Crippen molar-refractivity contribution in [2.75, 3.05) is 13.1 Å². The zero-order chi connectivity index (χ0) is 17.7. The molecule has 7 heteroatoms. The Morgan fingerprint density at radius 3 is 2.50 bits per heavy atom. The zero-order valence-corrected chi connectivity index (χ0v) is 14.9. The van der Waals surface area contributed by atoms with Crippen molar-refractivity contribution >= 4 is 12.1 Å². The average Bonchev–Trinajstić information content (AvgIpc) is 2.90. The van der Waals surface area contributed by atoms with Crippen LogP contribution in [0.15, 0.2) is 0 Å². The summed E-state index contributed by atoms with van der Waals surface area (Å²) in [5.41, 5.74) is 2.51. The van der Waals surface area contributed by atoms with Crippen molar-refractivity contribution in [1.82, 2.24) is 10.4 Å². The molecule has 0 unspecified atom stereocenters. The quantitative estimate of drug-likeness (QED) is 0.798. The fraction of sp³-hybridized carbons (Fsp3) is 0.882. The molecule has 2 aliphatic rings. The van der Waals surface area contributed by atoms with Crippen molar-refractivity contribution in [1.29, 1.82) is 0 Å². The number of nitrogens with one attached hydrogen (secondary N) is 1. The fourth-order valence-electron chi connectivity index (χ4n) is 3.27. The average molecular weight is 342 g/mol. The van der Waals surface area contributed by atoms with Crippen molar-refractivity contribution in [3.8, 4) is 0 Å². The summed E-state index contributed by atoms with van der Waals surface area (Å²) < 4.78 is 5.41. The highest BCUT2D eigenvalue weighted by Gasteiger charge is 2.30. The van der Waals surface area contributed by atoms with Crippen LogP contribution in [-0.4, -0.2) is 52.9 Å². The standard InChI is InChI=1S/C17H30N2O5/c1-17(2,3)23-16(22)19-8-6-12(7-9-19)4-5-13-10-14(24-18-13)11-15(20)21/h12-14,18H,4-11H2,1-3H3,(H,20,21)/t13-,14+/m0/s1. The van der Waals surface area contributed by atoms with Crippen molar-refractivity contribution in [2.45, 2.75) is 77.0 Å². The van der Waals surface area contributed by atoms with Crippen LogP contribution < -0.4 is 5.48 Å². The van der Waals surface area contributed by atoms with E-state index in [0.29, 0.717) is 5.92 Å². The highest BCUT2D eigenvalue weighted by Crippen LogP contribution is 2.26. The van der Waals surface area contributed by atoms with Crippen LogP contribution in [0.4, 0.5) is 4.79 Å². The summed E-state index contributed by atoms with van der Waals surface area (Å²) in [4.78, 5) is 29.8. The first-order valence-corrected chi connectivity index (χ1v) is 8.84. The summed E-state index contributed by atoms with van der Waals surface area (Å²) in [6, 6.07) is 0.234. The molecule has 0 aromatic heterocycles. The second-order valence-corrected chi connectivity index (χ2v) is 7.88. The minimum Gasteiger partial charge on any atom is -0.481 e. The Morgan fingerprint density at radius 2 is 1.92 bits per heavy atom. The Kier molecular flexibility index (Phi) is 6.46. The summed E-state index contributed by atoms with van der Waals surface area (Å²) in [6.45, 7) is 7.13. The summed E-state index contributed by atoms with van der Waals surface area (Å²) >= 11 is 0. The van der Waals surface area contributed by atoms with E-state index in [9.17, 15) is 9.59 Å². The second-order valence-electron chi connectivity index (χ2n) is 7.88. The van der Waals surface area contributed by atoms with Gasteiger partial charge in [-0.05, 0) is 58.8 Å². The molecule has 138 valence electrons. The molecule has 2 fully saturated rings. The number of amides is 1. The van der Waals surface area contributed by atoms with Gasteiger partial charge in [-0.2, -0.15) is 5.48 Å². The molecule has 2 saturated heterocycles. The molecule has 0 aliphatic carbocycles. The van der Waals surface area contributed by atoms with Crippen LogP contribution in [0.3, 0.4) is 0 Å². The number of hydrogen-bond donors (Lipinski definition) is 2.